The van der Waals surface area contributed by atoms with Gasteiger partial charge in [0.15, 0.2) is 0 Å². The molecule has 0 aliphatic rings. The summed E-state index contributed by atoms with van der Waals surface area (Å²) in [4.78, 5) is 26.1. The van der Waals surface area contributed by atoms with Crippen molar-refractivity contribution in [1.82, 2.24) is 25.4 Å². The van der Waals surface area contributed by atoms with Crippen LogP contribution >= 0.6 is 0 Å². The minimum absolute atomic E-state index is 0.199. The van der Waals surface area contributed by atoms with Gasteiger partial charge in [-0.15, -0.1) is 0 Å². The quantitative estimate of drug-likeness (QED) is 0.683. The van der Waals surface area contributed by atoms with Gasteiger partial charge in [-0.25, -0.2) is 14.5 Å². The van der Waals surface area contributed by atoms with Crippen molar-refractivity contribution >= 4 is 12.0 Å². The van der Waals surface area contributed by atoms with Crippen LogP contribution in [0.2, 0.25) is 0 Å². The van der Waals surface area contributed by atoms with Gasteiger partial charge in [-0.3, -0.25) is 4.79 Å². The number of aliphatic carboxylic acids is 1. The zero-order valence-corrected chi connectivity index (χ0v) is 11.3. The van der Waals surface area contributed by atoms with Crippen LogP contribution in [0.4, 0.5) is 4.79 Å². The van der Waals surface area contributed by atoms with Gasteiger partial charge in [0, 0.05) is 6.54 Å². The molecule has 0 fully saturated rings. The molecule has 3 N–H and O–H groups in total. The lowest BCUT2D eigenvalue weighted by Gasteiger charge is -2.11. The first-order valence-electron chi connectivity index (χ1n) is 6.04. The van der Waals surface area contributed by atoms with E-state index in [2.05, 4.69) is 34.6 Å². The number of hydrogen-bond acceptors (Lipinski definition) is 4. The summed E-state index contributed by atoms with van der Waals surface area (Å²) in [5.74, 6) is -0.0359. The molecule has 1 rings (SSSR count). The van der Waals surface area contributed by atoms with Gasteiger partial charge in [-0.1, -0.05) is 13.8 Å². The molecule has 1 atom stereocenters. The van der Waals surface area contributed by atoms with Crippen LogP contribution < -0.4 is 10.6 Å². The Hall–Kier alpha value is -2.12. The molecule has 1 heterocycles. The second-order valence-corrected chi connectivity index (χ2v) is 4.64. The summed E-state index contributed by atoms with van der Waals surface area (Å²) in [5.41, 5.74) is 0. The third kappa shape index (κ3) is 4.94. The third-order valence-corrected chi connectivity index (χ3v) is 2.36. The molecule has 0 bridgehead atoms. The van der Waals surface area contributed by atoms with Crippen molar-refractivity contribution in [2.24, 2.45) is 5.92 Å². The minimum atomic E-state index is -1.09. The van der Waals surface area contributed by atoms with Crippen LogP contribution in [0.15, 0.2) is 6.33 Å². The fourth-order valence-electron chi connectivity index (χ4n) is 1.39. The summed E-state index contributed by atoms with van der Waals surface area (Å²) in [6, 6.07) is -1.48. The molecule has 2 amide bonds. The Morgan fingerprint density at radius 3 is 2.68 bits per heavy atom. The summed E-state index contributed by atoms with van der Waals surface area (Å²) in [6.07, 6.45) is 1.43. The number of rotatable bonds is 6. The monoisotopic (exact) mass is 269 g/mol. The highest BCUT2D eigenvalue weighted by molar-refractivity contribution is 5.81. The number of nitrogens with one attached hydrogen (secondary N) is 2. The summed E-state index contributed by atoms with van der Waals surface area (Å²) >= 11 is 0. The number of carboxylic acids is 1. The molecule has 0 aromatic carbocycles. The number of amides is 2. The van der Waals surface area contributed by atoms with E-state index in [0.717, 1.165) is 0 Å². The predicted octanol–water partition coefficient (Wildman–Crippen LogP) is 0.206. The Morgan fingerprint density at radius 1 is 1.42 bits per heavy atom. The van der Waals surface area contributed by atoms with Crippen molar-refractivity contribution in [3.05, 3.63) is 12.2 Å². The molecular formula is C11H19N5O3. The Balaban J connectivity index is 2.46. The number of nitrogens with zero attached hydrogens (tertiary/aromatic N) is 3. The first-order chi connectivity index (χ1) is 8.90. The van der Waals surface area contributed by atoms with Gasteiger partial charge in [-0.05, 0) is 12.8 Å². The van der Waals surface area contributed by atoms with Gasteiger partial charge >= 0.3 is 12.0 Å². The number of aromatic nitrogens is 3. The van der Waals surface area contributed by atoms with Crippen LogP contribution in [-0.2, 0) is 17.9 Å². The topological polar surface area (TPSA) is 109 Å². The standard InChI is InChI=1S/C11H19N5O3/c1-7(2)5-16-9(13-6-14-16)4-12-11(19)15-8(3)10(17)18/h6-8H,4-5H2,1-3H3,(H,17,18)(H2,12,15,19). The Labute approximate surface area is 111 Å². The van der Waals surface area contributed by atoms with E-state index in [1.807, 2.05) is 0 Å². The molecule has 19 heavy (non-hydrogen) atoms. The fraction of sp³-hybridized carbons (Fsp3) is 0.636. The zero-order valence-electron chi connectivity index (χ0n) is 11.3. The van der Waals surface area contributed by atoms with E-state index in [0.29, 0.717) is 18.3 Å². The van der Waals surface area contributed by atoms with E-state index in [1.165, 1.54) is 13.3 Å². The van der Waals surface area contributed by atoms with Gasteiger partial charge in [-0.2, -0.15) is 5.10 Å². The molecule has 1 aromatic heterocycles. The predicted molar refractivity (Wildman–Crippen MR) is 67.3 cm³/mol. The van der Waals surface area contributed by atoms with E-state index in [9.17, 15) is 9.59 Å². The second-order valence-electron chi connectivity index (χ2n) is 4.64. The highest BCUT2D eigenvalue weighted by atomic mass is 16.4. The molecule has 8 heteroatoms. The summed E-state index contributed by atoms with van der Waals surface area (Å²) in [5, 5.41) is 17.6. The lowest BCUT2D eigenvalue weighted by molar-refractivity contribution is -0.138. The van der Waals surface area contributed by atoms with Crippen molar-refractivity contribution < 1.29 is 14.7 Å². The van der Waals surface area contributed by atoms with E-state index >= 15 is 0 Å². The maximum absolute atomic E-state index is 11.4. The summed E-state index contributed by atoms with van der Waals surface area (Å²) in [7, 11) is 0. The van der Waals surface area contributed by atoms with Gasteiger partial charge in [0.25, 0.3) is 0 Å². The lowest BCUT2D eigenvalue weighted by atomic mass is 10.2. The van der Waals surface area contributed by atoms with Crippen LogP contribution in [0.25, 0.3) is 0 Å². The largest absolute Gasteiger partial charge is 0.480 e. The van der Waals surface area contributed by atoms with Gasteiger partial charge < -0.3 is 15.7 Å². The second kappa shape index (κ2) is 6.72. The van der Waals surface area contributed by atoms with Crippen molar-refractivity contribution in [2.45, 2.75) is 39.9 Å². The van der Waals surface area contributed by atoms with Gasteiger partial charge in [0.05, 0.1) is 6.54 Å². The average Bonchev–Trinajstić information content (AvgIpc) is 2.72. The first-order valence-corrected chi connectivity index (χ1v) is 6.04. The molecule has 0 aliphatic heterocycles. The molecule has 0 aliphatic carbocycles. The molecular weight excluding hydrogens is 250 g/mol. The fourth-order valence-corrected chi connectivity index (χ4v) is 1.39. The minimum Gasteiger partial charge on any atom is -0.480 e. The Bertz CT molecular complexity index is 443. The van der Waals surface area contributed by atoms with E-state index < -0.39 is 18.0 Å². The van der Waals surface area contributed by atoms with Crippen LogP contribution in [-0.4, -0.2) is 37.9 Å². The number of carbonyl (C=O) groups excluding carboxylic acids is 1. The molecule has 1 aromatic rings. The van der Waals surface area contributed by atoms with Crippen molar-refractivity contribution in [2.75, 3.05) is 0 Å². The smallest absolute Gasteiger partial charge is 0.325 e. The summed E-state index contributed by atoms with van der Waals surface area (Å²) in [6.45, 7) is 6.42. The van der Waals surface area contributed by atoms with Crippen LogP contribution in [0.5, 0.6) is 0 Å². The maximum Gasteiger partial charge on any atom is 0.325 e. The van der Waals surface area contributed by atoms with Crippen molar-refractivity contribution in [3.63, 3.8) is 0 Å². The van der Waals surface area contributed by atoms with Crippen molar-refractivity contribution in [1.29, 1.82) is 0 Å². The molecule has 106 valence electrons. The van der Waals surface area contributed by atoms with Crippen molar-refractivity contribution in [3.8, 4) is 0 Å². The molecule has 0 spiro atoms. The Morgan fingerprint density at radius 2 is 2.11 bits per heavy atom. The molecule has 8 nitrogen and oxygen atoms in total. The molecule has 0 saturated carbocycles. The number of urea groups is 1. The average molecular weight is 269 g/mol. The third-order valence-electron chi connectivity index (χ3n) is 2.36. The Kier molecular flexibility index (Phi) is 5.28. The summed E-state index contributed by atoms with van der Waals surface area (Å²) < 4.78 is 1.71. The normalized spacial score (nSPS) is 12.2. The first kappa shape index (κ1) is 14.9. The lowest BCUT2D eigenvalue weighted by Crippen LogP contribution is -2.44. The number of hydrogen-bond donors (Lipinski definition) is 3. The molecule has 0 radical (unpaired) electrons. The SMILES string of the molecule is CC(C)Cn1ncnc1CNC(=O)NC(C)C(=O)O. The van der Waals surface area contributed by atoms with Gasteiger partial charge in [0.2, 0.25) is 0 Å². The number of carboxylic acid groups (broad SMARTS) is 1. The molecule has 1 unspecified atom stereocenters. The van der Waals surface area contributed by atoms with Crippen LogP contribution in [0.1, 0.15) is 26.6 Å². The number of carbonyl (C=O) groups is 2. The van der Waals surface area contributed by atoms with E-state index in [1.54, 1.807) is 4.68 Å². The van der Waals surface area contributed by atoms with Gasteiger partial charge in [0.1, 0.15) is 18.2 Å². The van der Waals surface area contributed by atoms with Crippen LogP contribution in [0, 0.1) is 5.92 Å². The molecule has 0 saturated heterocycles. The maximum atomic E-state index is 11.4. The van der Waals surface area contributed by atoms with Crippen LogP contribution in [0.3, 0.4) is 0 Å². The van der Waals surface area contributed by atoms with E-state index in [4.69, 9.17) is 5.11 Å². The zero-order chi connectivity index (χ0) is 14.4. The van der Waals surface area contributed by atoms with E-state index in [-0.39, 0.29) is 6.54 Å². The highest BCUT2D eigenvalue weighted by Gasteiger charge is 2.14. The highest BCUT2D eigenvalue weighted by Crippen LogP contribution is 2.00.